The van der Waals surface area contributed by atoms with Gasteiger partial charge < -0.3 is 0 Å². The normalized spacial score (nSPS) is 20.3. The number of rotatable bonds is 5. The smallest absolute Gasteiger partial charge is 0.147 e. The molecule has 0 aromatic heterocycles. The maximum absolute atomic E-state index is 2.63. The van der Waals surface area contributed by atoms with Crippen LogP contribution < -0.4 is 0 Å². The summed E-state index contributed by atoms with van der Waals surface area (Å²) in [5.74, 6) is -0.847. The fourth-order valence-corrected chi connectivity index (χ4v) is 39.8. The Labute approximate surface area is 227 Å². The molecule has 0 amide bonds. The molecule has 2 aromatic carbocycles. The first-order chi connectivity index (χ1) is 15.9. The van der Waals surface area contributed by atoms with Gasteiger partial charge in [-0.3, -0.25) is 0 Å². The zero-order chi connectivity index (χ0) is 21.3. The summed E-state index contributed by atoms with van der Waals surface area (Å²) in [6.45, 7) is 0. The molecule has 0 heterocycles. The van der Waals surface area contributed by atoms with Crippen LogP contribution in [0.1, 0.15) is 85.4 Å². The maximum atomic E-state index is 2.63. The standard InChI is InChI=1S/C13H9.C12H23Si.C5H5.2ClH.Zr/c1-3-7-12-10(5-1)9-11-6-2-4-8-13(11)12;1-3-7-11(8-4-1)13-12-9-5-2-6-10-12;1-2-4-5-3-1;;;/h1-9H;11-13H,1-10H2;1-3H,4H2;2*1H;. The summed E-state index contributed by atoms with van der Waals surface area (Å²) < 4.78 is 2.77. The summed E-state index contributed by atoms with van der Waals surface area (Å²) in [4.78, 5) is 0. The van der Waals surface area contributed by atoms with E-state index in [0.29, 0.717) is 0 Å². The molecular formula is C30H39Cl2SiZr. The Balaban J connectivity index is 0.00000137. The van der Waals surface area contributed by atoms with E-state index in [1.807, 2.05) is 3.28 Å². The van der Waals surface area contributed by atoms with Gasteiger partial charge in [0.25, 0.3) is 0 Å². The van der Waals surface area contributed by atoms with Gasteiger partial charge in [0.15, 0.2) is 0 Å². The zero-order valence-corrected chi connectivity index (χ0v) is 25.5. The molecular weight excluding hydrogens is 551 g/mol. The average Bonchev–Trinajstić information content (AvgIpc) is 3.51. The van der Waals surface area contributed by atoms with Crippen molar-refractivity contribution >= 4 is 30.7 Å². The topological polar surface area (TPSA) is 0 Å². The van der Waals surface area contributed by atoms with E-state index >= 15 is 0 Å². The van der Waals surface area contributed by atoms with E-state index in [2.05, 4.69) is 66.8 Å². The van der Waals surface area contributed by atoms with Crippen LogP contribution in [0.4, 0.5) is 0 Å². The van der Waals surface area contributed by atoms with Crippen molar-refractivity contribution in [3.05, 3.63) is 81.2 Å². The Morgan fingerprint density at radius 3 is 1.62 bits per heavy atom. The molecule has 2 saturated carbocycles. The molecule has 0 N–H and O–H groups in total. The Hall–Kier alpha value is -0.400. The number of halogens is 2. The molecule has 181 valence electrons. The second kappa shape index (κ2) is 12.2. The molecule has 0 radical (unpaired) electrons. The van der Waals surface area contributed by atoms with Crippen LogP contribution in [0.25, 0.3) is 11.1 Å². The quantitative estimate of drug-likeness (QED) is 0.305. The predicted molar refractivity (Wildman–Crippen MR) is 151 cm³/mol. The molecule has 0 unspecified atom stereocenters. The van der Waals surface area contributed by atoms with Crippen molar-refractivity contribution in [3.8, 4) is 11.1 Å². The van der Waals surface area contributed by atoms with Crippen LogP contribution in [0, 0.1) is 0 Å². The van der Waals surface area contributed by atoms with Crippen molar-refractivity contribution < 1.29 is 20.9 Å². The van der Waals surface area contributed by atoms with Gasteiger partial charge in [0, 0.05) is 0 Å². The van der Waals surface area contributed by atoms with Crippen LogP contribution in [0.15, 0.2) is 70.0 Å². The SMILES string of the molecule is C1=CC[C]([Zr]([CH]2c3ccccc3-c3ccccc32)[SiH](C2CCCCC2)C2CCCCC2)=C1.Cl.Cl. The third-order valence-electron chi connectivity index (χ3n) is 8.96. The number of hydrogen-bond acceptors (Lipinski definition) is 0. The summed E-state index contributed by atoms with van der Waals surface area (Å²) in [5.41, 5.74) is 8.86. The van der Waals surface area contributed by atoms with Crippen LogP contribution in [-0.4, -0.2) is 5.92 Å². The van der Waals surface area contributed by atoms with E-state index in [9.17, 15) is 0 Å². The molecule has 0 aliphatic heterocycles. The monoisotopic (exact) mass is 587 g/mol. The molecule has 4 aliphatic carbocycles. The van der Waals surface area contributed by atoms with Crippen LogP contribution in [0.2, 0.25) is 11.1 Å². The minimum atomic E-state index is -1.94. The summed E-state index contributed by atoms with van der Waals surface area (Å²) >= 11 is -1.94. The summed E-state index contributed by atoms with van der Waals surface area (Å²) in [7, 11) is 0. The average molecular weight is 590 g/mol. The third kappa shape index (κ3) is 5.04. The molecule has 4 aliphatic rings. The van der Waals surface area contributed by atoms with E-state index in [1.54, 1.807) is 47.9 Å². The Bertz CT molecular complexity index is 956. The minimum Gasteiger partial charge on any atom is -0.147 e. The van der Waals surface area contributed by atoms with Gasteiger partial charge in [-0.2, -0.15) is 0 Å². The predicted octanol–water partition coefficient (Wildman–Crippen LogP) is 9.45. The van der Waals surface area contributed by atoms with E-state index in [4.69, 9.17) is 0 Å². The first kappa shape index (κ1) is 26.7. The molecule has 6 rings (SSSR count). The largest absolute Gasteiger partial charge is 0.147 e. The van der Waals surface area contributed by atoms with Gasteiger partial charge in [-0.15, -0.1) is 24.8 Å². The van der Waals surface area contributed by atoms with Gasteiger partial charge in [-0.05, 0) is 0 Å². The number of fused-ring (bicyclic) bond motifs is 3. The van der Waals surface area contributed by atoms with Crippen LogP contribution >= 0.6 is 24.8 Å². The molecule has 2 fully saturated rings. The van der Waals surface area contributed by atoms with Gasteiger partial charge in [0.1, 0.15) is 0 Å². The second-order valence-corrected chi connectivity index (χ2v) is 27.5. The van der Waals surface area contributed by atoms with Crippen molar-refractivity contribution in [2.24, 2.45) is 0 Å². The van der Waals surface area contributed by atoms with Gasteiger partial charge in [0.05, 0.1) is 0 Å². The van der Waals surface area contributed by atoms with Gasteiger partial charge >= 0.3 is 204 Å². The van der Waals surface area contributed by atoms with E-state index in [0.717, 1.165) is 14.7 Å². The molecule has 0 atom stereocenters. The Morgan fingerprint density at radius 2 is 1.15 bits per heavy atom. The van der Waals surface area contributed by atoms with E-state index < -0.39 is 26.8 Å². The van der Waals surface area contributed by atoms with Crippen LogP contribution in [0.3, 0.4) is 0 Å². The van der Waals surface area contributed by atoms with Gasteiger partial charge in [-0.1, -0.05) is 0 Å². The molecule has 4 heteroatoms. The first-order valence-corrected chi connectivity index (χ1v) is 22.1. The third-order valence-corrected chi connectivity index (χ3v) is 35.3. The van der Waals surface area contributed by atoms with E-state index in [-0.39, 0.29) is 24.8 Å². The van der Waals surface area contributed by atoms with Gasteiger partial charge in [-0.25, -0.2) is 0 Å². The fraction of sp³-hybridized carbons (Fsp3) is 0.467. The van der Waals surface area contributed by atoms with Crippen molar-refractivity contribution in [2.45, 2.75) is 85.3 Å². The number of hydrogen-bond donors (Lipinski definition) is 0. The van der Waals surface area contributed by atoms with Gasteiger partial charge in [0.2, 0.25) is 0 Å². The summed E-state index contributed by atoms with van der Waals surface area (Å²) in [6.07, 6.45) is 24.2. The minimum absolute atomic E-state index is 0. The van der Waals surface area contributed by atoms with Crippen molar-refractivity contribution in [1.29, 1.82) is 0 Å². The Morgan fingerprint density at radius 1 is 0.647 bits per heavy atom. The van der Waals surface area contributed by atoms with Crippen LogP contribution in [0.5, 0.6) is 0 Å². The zero-order valence-electron chi connectivity index (χ0n) is 20.3. The molecule has 0 bridgehead atoms. The van der Waals surface area contributed by atoms with E-state index in [1.165, 1.54) is 44.9 Å². The second-order valence-electron chi connectivity index (χ2n) is 10.7. The number of benzene rings is 2. The van der Waals surface area contributed by atoms with Crippen molar-refractivity contribution in [1.82, 2.24) is 0 Å². The van der Waals surface area contributed by atoms with Crippen molar-refractivity contribution in [2.75, 3.05) is 0 Å². The van der Waals surface area contributed by atoms with Crippen LogP contribution in [-0.2, 0) is 20.9 Å². The summed E-state index contributed by atoms with van der Waals surface area (Å²) in [5, 5.41) is 0. The summed E-state index contributed by atoms with van der Waals surface area (Å²) in [6, 6.07) is 19.1. The molecule has 0 nitrogen and oxygen atoms in total. The van der Waals surface area contributed by atoms with Crippen molar-refractivity contribution in [3.63, 3.8) is 0 Å². The maximum Gasteiger partial charge on any atom is -0.147 e. The molecule has 34 heavy (non-hydrogen) atoms. The molecule has 0 spiro atoms. The Kier molecular flexibility index (Phi) is 9.59. The first-order valence-electron chi connectivity index (χ1n) is 13.3. The molecule has 2 aromatic rings. The molecule has 0 saturated heterocycles. The number of allylic oxidation sites excluding steroid dienone is 4. The fourth-order valence-electron chi connectivity index (χ4n) is 7.62.